The minimum absolute atomic E-state index is 0.433. The maximum atomic E-state index is 5.59. The van der Waals surface area contributed by atoms with E-state index in [9.17, 15) is 0 Å². The van der Waals surface area contributed by atoms with E-state index in [4.69, 9.17) is 4.74 Å². The molecule has 1 N–H and O–H groups in total. The summed E-state index contributed by atoms with van der Waals surface area (Å²) in [6, 6.07) is 6.30. The summed E-state index contributed by atoms with van der Waals surface area (Å²) in [6.45, 7) is 6.46. The summed E-state index contributed by atoms with van der Waals surface area (Å²) in [5.41, 5.74) is 3.08. The first kappa shape index (κ1) is 15.4. The lowest BCUT2D eigenvalue weighted by Crippen LogP contribution is -2.15. The van der Waals surface area contributed by atoms with Gasteiger partial charge in [0.1, 0.15) is 0 Å². The van der Waals surface area contributed by atoms with Crippen LogP contribution in [-0.4, -0.2) is 28.1 Å². The third-order valence-electron chi connectivity index (χ3n) is 3.12. The van der Waals surface area contributed by atoms with Crippen molar-refractivity contribution in [2.45, 2.75) is 33.2 Å². The van der Waals surface area contributed by atoms with Crippen LogP contribution in [0.15, 0.2) is 30.6 Å². The molecule has 0 bridgehead atoms. The van der Waals surface area contributed by atoms with Crippen LogP contribution in [0.2, 0.25) is 0 Å². The number of nitrogens with zero attached hydrogens (tertiary/aromatic N) is 3. The molecule has 0 aliphatic rings. The van der Waals surface area contributed by atoms with Crippen LogP contribution in [0.4, 0.5) is 0 Å². The zero-order valence-electron chi connectivity index (χ0n) is 12.7. The molecule has 0 aliphatic heterocycles. The average Bonchev–Trinajstić information content (AvgIpc) is 2.51. The third kappa shape index (κ3) is 5.11. The molecule has 2 rings (SSSR count). The molecular weight excluding hydrogens is 264 g/mol. The standard InChI is InChI=1S/C16H22N4O/c1-3-8-17-11-14-12-19-16(20-13(14)2)21-10-7-15-6-4-5-9-18-15/h4-6,9,12,17H,3,7-8,10-11H2,1-2H3. The van der Waals surface area contributed by atoms with Gasteiger partial charge in [-0.25, -0.2) is 9.97 Å². The predicted molar refractivity (Wildman–Crippen MR) is 82.2 cm³/mol. The number of ether oxygens (including phenoxy) is 1. The van der Waals surface area contributed by atoms with Crippen LogP contribution >= 0.6 is 0 Å². The average molecular weight is 286 g/mol. The van der Waals surface area contributed by atoms with Crippen molar-refractivity contribution in [3.05, 3.63) is 47.5 Å². The van der Waals surface area contributed by atoms with E-state index < -0.39 is 0 Å². The summed E-state index contributed by atoms with van der Waals surface area (Å²) in [7, 11) is 0. The highest BCUT2D eigenvalue weighted by molar-refractivity contribution is 5.17. The Hall–Kier alpha value is -2.01. The number of hydrogen-bond acceptors (Lipinski definition) is 5. The smallest absolute Gasteiger partial charge is 0.316 e. The van der Waals surface area contributed by atoms with Gasteiger partial charge in [0, 0.05) is 42.3 Å². The van der Waals surface area contributed by atoms with Crippen LogP contribution < -0.4 is 10.1 Å². The molecule has 0 saturated carbocycles. The van der Waals surface area contributed by atoms with E-state index in [0.717, 1.165) is 42.9 Å². The van der Waals surface area contributed by atoms with Crippen molar-refractivity contribution in [3.63, 3.8) is 0 Å². The molecule has 21 heavy (non-hydrogen) atoms. The van der Waals surface area contributed by atoms with Crippen molar-refractivity contribution >= 4 is 0 Å². The fourth-order valence-electron chi connectivity index (χ4n) is 1.91. The van der Waals surface area contributed by atoms with Crippen molar-refractivity contribution < 1.29 is 4.74 Å². The summed E-state index contributed by atoms with van der Waals surface area (Å²) in [5.74, 6) is 0. The topological polar surface area (TPSA) is 59.9 Å². The summed E-state index contributed by atoms with van der Waals surface area (Å²) >= 11 is 0. The monoisotopic (exact) mass is 286 g/mol. The highest BCUT2D eigenvalue weighted by Crippen LogP contribution is 2.09. The van der Waals surface area contributed by atoms with E-state index in [-0.39, 0.29) is 0 Å². The lowest BCUT2D eigenvalue weighted by molar-refractivity contribution is 0.294. The second-order valence-corrected chi connectivity index (χ2v) is 4.86. The van der Waals surface area contributed by atoms with Gasteiger partial charge in [-0.1, -0.05) is 13.0 Å². The van der Waals surface area contributed by atoms with E-state index in [1.165, 1.54) is 0 Å². The Balaban J connectivity index is 1.82. The number of rotatable bonds is 8. The number of nitrogens with one attached hydrogen (secondary N) is 1. The van der Waals surface area contributed by atoms with Gasteiger partial charge in [0.25, 0.3) is 0 Å². The highest BCUT2D eigenvalue weighted by atomic mass is 16.5. The Morgan fingerprint density at radius 2 is 2.14 bits per heavy atom. The normalized spacial score (nSPS) is 10.6. The second-order valence-electron chi connectivity index (χ2n) is 4.86. The SMILES string of the molecule is CCCNCc1cnc(OCCc2ccccn2)nc1C. The molecular formula is C16H22N4O. The molecule has 112 valence electrons. The van der Waals surface area contributed by atoms with Crippen LogP contribution in [0.5, 0.6) is 6.01 Å². The molecule has 0 radical (unpaired) electrons. The highest BCUT2D eigenvalue weighted by Gasteiger charge is 2.04. The van der Waals surface area contributed by atoms with Crippen LogP contribution in [0.3, 0.4) is 0 Å². The van der Waals surface area contributed by atoms with Crippen molar-refractivity contribution in [1.82, 2.24) is 20.3 Å². The van der Waals surface area contributed by atoms with Gasteiger partial charge < -0.3 is 10.1 Å². The van der Waals surface area contributed by atoms with E-state index in [0.29, 0.717) is 12.6 Å². The molecule has 2 heterocycles. The van der Waals surface area contributed by atoms with Crippen molar-refractivity contribution in [2.75, 3.05) is 13.2 Å². The molecule has 0 atom stereocenters. The fourth-order valence-corrected chi connectivity index (χ4v) is 1.91. The van der Waals surface area contributed by atoms with Crippen LogP contribution in [0.25, 0.3) is 0 Å². The number of aryl methyl sites for hydroxylation is 1. The summed E-state index contributed by atoms with van der Waals surface area (Å²) in [6.07, 6.45) is 5.49. The molecule has 2 aromatic heterocycles. The molecule has 2 aromatic rings. The van der Waals surface area contributed by atoms with Gasteiger partial charge in [-0.3, -0.25) is 4.98 Å². The predicted octanol–water partition coefficient (Wildman–Crippen LogP) is 2.30. The minimum atomic E-state index is 0.433. The Morgan fingerprint density at radius 3 is 2.86 bits per heavy atom. The molecule has 5 heteroatoms. The van der Waals surface area contributed by atoms with Gasteiger partial charge in [0.2, 0.25) is 0 Å². The van der Waals surface area contributed by atoms with Gasteiger partial charge in [-0.05, 0) is 32.0 Å². The zero-order valence-corrected chi connectivity index (χ0v) is 12.7. The molecule has 0 aliphatic carbocycles. The Bertz CT molecular complexity index is 545. The van der Waals surface area contributed by atoms with Crippen molar-refractivity contribution in [1.29, 1.82) is 0 Å². The molecule has 0 saturated heterocycles. The largest absolute Gasteiger partial charge is 0.463 e. The Morgan fingerprint density at radius 1 is 1.24 bits per heavy atom. The fraction of sp³-hybridized carbons (Fsp3) is 0.438. The zero-order chi connectivity index (χ0) is 14.9. The van der Waals surface area contributed by atoms with Crippen molar-refractivity contribution in [3.8, 4) is 6.01 Å². The first-order valence-corrected chi connectivity index (χ1v) is 7.35. The Kier molecular flexibility index (Phi) is 6.09. The molecule has 0 unspecified atom stereocenters. The van der Waals surface area contributed by atoms with Gasteiger partial charge in [-0.15, -0.1) is 0 Å². The first-order chi connectivity index (χ1) is 10.3. The molecule has 5 nitrogen and oxygen atoms in total. The first-order valence-electron chi connectivity index (χ1n) is 7.35. The number of hydrogen-bond donors (Lipinski definition) is 1. The second kappa shape index (κ2) is 8.32. The van der Waals surface area contributed by atoms with E-state index in [2.05, 4.69) is 27.2 Å². The minimum Gasteiger partial charge on any atom is -0.463 e. The van der Waals surface area contributed by atoms with Crippen molar-refractivity contribution in [2.24, 2.45) is 0 Å². The lowest BCUT2D eigenvalue weighted by atomic mass is 10.2. The van der Waals surface area contributed by atoms with Gasteiger partial charge in [0.05, 0.1) is 6.61 Å². The van der Waals surface area contributed by atoms with Crippen LogP contribution in [0.1, 0.15) is 30.3 Å². The lowest BCUT2D eigenvalue weighted by Gasteiger charge is -2.08. The summed E-state index contributed by atoms with van der Waals surface area (Å²) in [4.78, 5) is 12.9. The molecule has 0 fully saturated rings. The van der Waals surface area contributed by atoms with Gasteiger partial charge in [-0.2, -0.15) is 0 Å². The van der Waals surface area contributed by atoms with E-state index >= 15 is 0 Å². The maximum Gasteiger partial charge on any atom is 0.316 e. The van der Waals surface area contributed by atoms with Gasteiger partial charge in [0.15, 0.2) is 0 Å². The Labute approximate surface area is 125 Å². The summed E-state index contributed by atoms with van der Waals surface area (Å²) < 4.78 is 5.59. The third-order valence-corrected chi connectivity index (χ3v) is 3.12. The van der Waals surface area contributed by atoms with Gasteiger partial charge >= 0.3 is 6.01 Å². The quantitative estimate of drug-likeness (QED) is 0.755. The number of aromatic nitrogens is 3. The van der Waals surface area contributed by atoms with E-state index in [1.54, 1.807) is 6.20 Å². The van der Waals surface area contributed by atoms with E-state index in [1.807, 2.05) is 31.3 Å². The summed E-state index contributed by atoms with van der Waals surface area (Å²) in [5, 5.41) is 3.35. The number of pyridine rings is 1. The van der Waals surface area contributed by atoms with Crippen LogP contribution in [-0.2, 0) is 13.0 Å². The molecule has 0 spiro atoms. The van der Waals surface area contributed by atoms with Crippen LogP contribution in [0, 0.1) is 6.92 Å². The molecule has 0 aromatic carbocycles. The maximum absolute atomic E-state index is 5.59. The molecule has 0 amide bonds.